The van der Waals surface area contributed by atoms with Crippen molar-refractivity contribution in [1.29, 1.82) is 0 Å². The number of fused-ring (bicyclic) bond motifs is 1. The van der Waals surface area contributed by atoms with Crippen LogP contribution in [0.5, 0.6) is 0 Å². The lowest BCUT2D eigenvalue weighted by molar-refractivity contribution is 0.0286. The Morgan fingerprint density at radius 2 is 2.24 bits per heavy atom. The van der Waals surface area contributed by atoms with Gasteiger partial charge in [0.1, 0.15) is 5.82 Å². The molecular weight excluding hydrogens is 289 g/mol. The van der Waals surface area contributed by atoms with Crippen LogP contribution in [0.4, 0.5) is 4.39 Å². The minimum absolute atomic E-state index is 0.0959. The van der Waals surface area contributed by atoms with Crippen LogP contribution in [0.15, 0.2) is 18.2 Å². The van der Waals surface area contributed by atoms with E-state index in [-0.39, 0.29) is 11.9 Å². The van der Waals surface area contributed by atoms with Crippen molar-refractivity contribution in [3.05, 3.63) is 34.6 Å². The Morgan fingerprint density at radius 1 is 1.43 bits per heavy atom. The normalized spacial score (nSPS) is 28.6. The minimum atomic E-state index is -0.212. The summed E-state index contributed by atoms with van der Waals surface area (Å²) in [5.74, 6) is -0.212. The molecule has 0 bridgehead atoms. The van der Waals surface area contributed by atoms with E-state index in [0.717, 1.165) is 13.1 Å². The number of halogens is 2. The lowest BCUT2D eigenvalue weighted by atomic mass is 9.99. The maximum atomic E-state index is 14.2. The molecule has 3 nitrogen and oxygen atoms in total. The van der Waals surface area contributed by atoms with Crippen molar-refractivity contribution in [2.75, 3.05) is 26.2 Å². The van der Waals surface area contributed by atoms with Gasteiger partial charge in [-0.15, -0.1) is 0 Å². The van der Waals surface area contributed by atoms with Crippen molar-refractivity contribution < 1.29 is 4.39 Å². The van der Waals surface area contributed by atoms with Gasteiger partial charge < -0.3 is 5.73 Å². The summed E-state index contributed by atoms with van der Waals surface area (Å²) in [7, 11) is 0. The molecule has 0 aromatic heterocycles. The lowest BCUT2D eigenvalue weighted by Gasteiger charge is -2.46. The van der Waals surface area contributed by atoms with E-state index < -0.39 is 0 Å². The van der Waals surface area contributed by atoms with Crippen molar-refractivity contribution in [2.45, 2.75) is 37.9 Å². The largest absolute Gasteiger partial charge is 0.329 e. The minimum Gasteiger partial charge on any atom is -0.329 e. The number of piperazine rings is 1. The molecule has 3 unspecified atom stereocenters. The van der Waals surface area contributed by atoms with E-state index in [9.17, 15) is 4.39 Å². The van der Waals surface area contributed by atoms with E-state index in [0.29, 0.717) is 29.2 Å². The van der Waals surface area contributed by atoms with Gasteiger partial charge in [-0.2, -0.15) is 0 Å². The van der Waals surface area contributed by atoms with Crippen LogP contribution in [0, 0.1) is 5.82 Å². The smallest absolute Gasteiger partial charge is 0.128 e. The van der Waals surface area contributed by atoms with Crippen LogP contribution in [0.2, 0.25) is 5.02 Å². The summed E-state index contributed by atoms with van der Waals surface area (Å²) in [5, 5.41) is 0.567. The Bertz CT molecular complexity index is 510. The molecule has 0 saturated carbocycles. The Balaban J connectivity index is 1.86. The number of hydrogen-bond acceptors (Lipinski definition) is 3. The maximum absolute atomic E-state index is 14.2. The average molecular weight is 312 g/mol. The molecule has 1 aromatic rings. The molecule has 2 N–H and O–H groups in total. The summed E-state index contributed by atoms with van der Waals surface area (Å²) in [6.07, 6.45) is 2.50. The van der Waals surface area contributed by atoms with Gasteiger partial charge in [-0.3, -0.25) is 9.80 Å². The maximum Gasteiger partial charge on any atom is 0.128 e. The quantitative estimate of drug-likeness (QED) is 0.931. The third-order valence-corrected chi connectivity index (χ3v) is 5.16. The highest BCUT2D eigenvalue weighted by molar-refractivity contribution is 6.30. The molecule has 2 aliphatic heterocycles. The molecule has 2 saturated heterocycles. The fourth-order valence-electron chi connectivity index (χ4n) is 3.86. The Labute approximate surface area is 130 Å². The van der Waals surface area contributed by atoms with Crippen LogP contribution in [0.1, 0.15) is 31.4 Å². The van der Waals surface area contributed by atoms with Gasteiger partial charge in [0, 0.05) is 42.3 Å². The molecule has 0 spiro atoms. The predicted molar refractivity (Wildman–Crippen MR) is 84.0 cm³/mol. The number of hydrogen-bond donors (Lipinski definition) is 1. The van der Waals surface area contributed by atoms with Crippen molar-refractivity contribution >= 4 is 11.6 Å². The molecule has 2 aliphatic rings. The fourth-order valence-corrected chi connectivity index (χ4v) is 4.04. The molecule has 1 aromatic carbocycles. The third kappa shape index (κ3) is 2.95. The van der Waals surface area contributed by atoms with Gasteiger partial charge in [0.05, 0.1) is 6.04 Å². The van der Waals surface area contributed by atoms with Crippen LogP contribution in [-0.4, -0.2) is 48.1 Å². The molecule has 3 rings (SSSR count). The van der Waals surface area contributed by atoms with Crippen molar-refractivity contribution in [2.24, 2.45) is 5.73 Å². The third-order valence-electron chi connectivity index (χ3n) is 4.93. The predicted octanol–water partition coefficient (Wildman–Crippen LogP) is 2.65. The second-order valence-electron chi connectivity index (χ2n) is 6.25. The molecule has 5 heteroatoms. The summed E-state index contributed by atoms with van der Waals surface area (Å²) in [6, 6.07) is 5.64. The van der Waals surface area contributed by atoms with E-state index in [1.165, 1.54) is 25.5 Å². The summed E-state index contributed by atoms with van der Waals surface area (Å²) in [5.41, 5.74) is 6.62. The zero-order valence-electron chi connectivity index (χ0n) is 12.4. The highest BCUT2D eigenvalue weighted by Crippen LogP contribution is 2.32. The fraction of sp³-hybridized carbons (Fsp3) is 0.625. The first-order valence-corrected chi connectivity index (χ1v) is 8.12. The van der Waals surface area contributed by atoms with E-state index in [1.54, 1.807) is 12.1 Å². The number of nitrogens with two attached hydrogens (primary N) is 1. The van der Waals surface area contributed by atoms with Gasteiger partial charge in [-0.1, -0.05) is 11.6 Å². The van der Waals surface area contributed by atoms with Crippen molar-refractivity contribution in [3.63, 3.8) is 0 Å². The Morgan fingerprint density at radius 3 is 3.00 bits per heavy atom. The van der Waals surface area contributed by atoms with Gasteiger partial charge in [0.15, 0.2) is 0 Å². The van der Waals surface area contributed by atoms with Gasteiger partial charge in [0.2, 0.25) is 0 Å². The lowest BCUT2D eigenvalue weighted by Crippen LogP contribution is -2.56. The molecule has 0 amide bonds. The number of nitrogens with zero attached hydrogens (tertiary/aromatic N) is 2. The van der Waals surface area contributed by atoms with E-state index in [2.05, 4.69) is 16.7 Å². The van der Waals surface area contributed by atoms with Crippen LogP contribution in [0.25, 0.3) is 0 Å². The zero-order chi connectivity index (χ0) is 15.0. The van der Waals surface area contributed by atoms with Crippen LogP contribution in [-0.2, 0) is 0 Å². The summed E-state index contributed by atoms with van der Waals surface area (Å²) in [4.78, 5) is 4.92. The molecule has 3 atom stereocenters. The first-order chi connectivity index (χ1) is 10.1. The number of benzene rings is 1. The van der Waals surface area contributed by atoms with Crippen molar-refractivity contribution in [3.8, 4) is 0 Å². The summed E-state index contributed by atoms with van der Waals surface area (Å²) >= 11 is 6.05. The number of rotatable bonds is 3. The Kier molecular flexibility index (Phi) is 4.50. The first-order valence-electron chi connectivity index (χ1n) is 7.75. The Hall–Kier alpha value is -0.680. The van der Waals surface area contributed by atoms with Crippen molar-refractivity contribution in [1.82, 2.24) is 9.80 Å². The molecule has 2 heterocycles. The molecule has 21 heavy (non-hydrogen) atoms. The molecular formula is C16H23ClFN3. The molecule has 2 fully saturated rings. The highest BCUT2D eigenvalue weighted by Gasteiger charge is 2.37. The van der Waals surface area contributed by atoms with Crippen LogP contribution in [0.3, 0.4) is 0 Å². The standard InChI is InChI=1S/C16H23ClFN3/c1-11-9-20-6-2-3-13(20)10-21(11)16(8-19)14-7-12(17)4-5-15(14)18/h4-5,7,11,13,16H,2-3,6,8-10,19H2,1H3. The molecule has 116 valence electrons. The average Bonchev–Trinajstić information content (AvgIpc) is 2.90. The molecule has 0 radical (unpaired) electrons. The SMILES string of the molecule is CC1CN2CCCC2CN1C(CN)c1cc(Cl)ccc1F. The highest BCUT2D eigenvalue weighted by atomic mass is 35.5. The first kappa shape index (κ1) is 15.2. The van der Waals surface area contributed by atoms with E-state index >= 15 is 0 Å². The van der Waals surface area contributed by atoms with E-state index in [4.69, 9.17) is 17.3 Å². The van der Waals surface area contributed by atoms with Gasteiger partial charge in [-0.05, 0) is 44.5 Å². The van der Waals surface area contributed by atoms with Crippen LogP contribution < -0.4 is 5.73 Å². The van der Waals surface area contributed by atoms with Crippen LogP contribution >= 0.6 is 11.6 Å². The summed E-state index contributed by atoms with van der Waals surface area (Å²) < 4.78 is 14.2. The second kappa shape index (κ2) is 6.21. The zero-order valence-corrected chi connectivity index (χ0v) is 13.2. The molecule has 0 aliphatic carbocycles. The summed E-state index contributed by atoms with van der Waals surface area (Å²) in [6.45, 7) is 5.83. The van der Waals surface area contributed by atoms with Gasteiger partial charge >= 0.3 is 0 Å². The van der Waals surface area contributed by atoms with E-state index in [1.807, 2.05) is 0 Å². The topological polar surface area (TPSA) is 32.5 Å². The van der Waals surface area contributed by atoms with Gasteiger partial charge in [0.25, 0.3) is 0 Å². The monoisotopic (exact) mass is 311 g/mol. The second-order valence-corrected chi connectivity index (χ2v) is 6.69. The van der Waals surface area contributed by atoms with Gasteiger partial charge in [-0.25, -0.2) is 4.39 Å².